The molecule has 0 aromatic heterocycles. The van der Waals surface area contributed by atoms with Crippen LogP contribution in [-0.2, 0) is 11.3 Å². The van der Waals surface area contributed by atoms with Crippen LogP contribution in [0, 0.1) is 5.92 Å². The van der Waals surface area contributed by atoms with E-state index in [1.54, 1.807) is 0 Å². The Hall–Kier alpha value is -0.870. The molecule has 3 nitrogen and oxygen atoms in total. The maximum absolute atomic E-state index is 11.7. The molecule has 3 N–H and O–H groups in total. The lowest BCUT2D eigenvalue weighted by Gasteiger charge is -2.14. The molecule has 0 spiro atoms. The summed E-state index contributed by atoms with van der Waals surface area (Å²) in [5, 5.41) is 2.85. The number of nitrogens with one attached hydrogen (secondary N) is 1. The highest BCUT2D eigenvalue weighted by atomic mass is 79.9. The molecule has 4 heteroatoms. The highest BCUT2D eigenvalue weighted by molar-refractivity contribution is 9.10. The molecular formula is C13H19BrN2O. The Balaban J connectivity index is 2.43. The third kappa shape index (κ3) is 5.33. The Morgan fingerprint density at radius 2 is 2.18 bits per heavy atom. The number of carbonyl (C=O) groups is 1. The van der Waals surface area contributed by atoms with Crippen LogP contribution in [0.2, 0.25) is 0 Å². The van der Waals surface area contributed by atoms with Crippen LogP contribution < -0.4 is 11.1 Å². The average Bonchev–Trinajstić information content (AvgIpc) is 2.25. The van der Waals surface area contributed by atoms with Gasteiger partial charge in [-0.25, -0.2) is 0 Å². The second kappa shape index (κ2) is 6.77. The third-order valence-electron chi connectivity index (χ3n) is 2.42. The van der Waals surface area contributed by atoms with Crippen LogP contribution >= 0.6 is 15.9 Å². The summed E-state index contributed by atoms with van der Waals surface area (Å²) in [6, 6.07) is 7.44. The highest BCUT2D eigenvalue weighted by Gasteiger charge is 2.14. The van der Waals surface area contributed by atoms with E-state index in [4.69, 9.17) is 5.73 Å². The topological polar surface area (TPSA) is 55.1 Å². The van der Waals surface area contributed by atoms with Gasteiger partial charge in [0.1, 0.15) is 0 Å². The Kier molecular flexibility index (Phi) is 5.65. The van der Waals surface area contributed by atoms with Gasteiger partial charge in [-0.2, -0.15) is 0 Å². The van der Waals surface area contributed by atoms with Crippen LogP contribution in [0.25, 0.3) is 0 Å². The molecule has 1 atom stereocenters. The van der Waals surface area contributed by atoms with Crippen LogP contribution in [0.1, 0.15) is 25.8 Å². The number of hydrogen-bond donors (Lipinski definition) is 2. The van der Waals surface area contributed by atoms with Crippen molar-refractivity contribution in [3.8, 4) is 0 Å². The Morgan fingerprint density at radius 1 is 1.47 bits per heavy atom. The average molecular weight is 299 g/mol. The lowest BCUT2D eigenvalue weighted by Crippen LogP contribution is -2.41. The first-order chi connectivity index (χ1) is 7.99. The minimum Gasteiger partial charge on any atom is -0.351 e. The van der Waals surface area contributed by atoms with Crippen molar-refractivity contribution >= 4 is 21.8 Å². The van der Waals surface area contributed by atoms with E-state index in [9.17, 15) is 4.79 Å². The predicted molar refractivity (Wildman–Crippen MR) is 73.4 cm³/mol. The van der Waals surface area contributed by atoms with Crippen LogP contribution in [0.5, 0.6) is 0 Å². The largest absolute Gasteiger partial charge is 0.351 e. The minimum absolute atomic E-state index is 0.0846. The molecule has 0 radical (unpaired) electrons. The number of benzene rings is 1. The highest BCUT2D eigenvalue weighted by Crippen LogP contribution is 2.11. The first-order valence-electron chi connectivity index (χ1n) is 5.76. The number of rotatable bonds is 5. The van der Waals surface area contributed by atoms with E-state index in [0.717, 1.165) is 10.0 Å². The van der Waals surface area contributed by atoms with E-state index in [1.165, 1.54) is 0 Å². The molecule has 0 saturated carbocycles. The number of amides is 1. The van der Waals surface area contributed by atoms with Gasteiger partial charge in [-0.15, -0.1) is 0 Å². The van der Waals surface area contributed by atoms with Gasteiger partial charge in [0.25, 0.3) is 0 Å². The maximum Gasteiger partial charge on any atom is 0.237 e. The van der Waals surface area contributed by atoms with Gasteiger partial charge in [0.05, 0.1) is 6.04 Å². The fourth-order valence-corrected chi connectivity index (χ4v) is 2.03. The Morgan fingerprint density at radius 3 is 2.76 bits per heavy atom. The van der Waals surface area contributed by atoms with Crippen molar-refractivity contribution < 1.29 is 4.79 Å². The molecular weight excluding hydrogens is 280 g/mol. The summed E-state index contributed by atoms with van der Waals surface area (Å²) in [5.41, 5.74) is 6.85. The normalized spacial score (nSPS) is 12.5. The van der Waals surface area contributed by atoms with Crippen LogP contribution in [0.4, 0.5) is 0 Å². The molecule has 0 heterocycles. The van der Waals surface area contributed by atoms with Crippen molar-refractivity contribution in [2.45, 2.75) is 32.9 Å². The zero-order valence-electron chi connectivity index (χ0n) is 10.2. The monoisotopic (exact) mass is 298 g/mol. The summed E-state index contributed by atoms with van der Waals surface area (Å²) in [4.78, 5) is 11.7. The second-order valence-electron chi connectivity index (χ2n) is 4.58. The molecule has 0 bridgehead atoms. The summed E-state index contributed by atoms with van der Waals surface area (Å²) < 4.78 is 1.01. The van der Waals surface area contributed by atoms with E-state index in [1.807, 2.05) is 24.3 Å². The smallest absolute Gasteiger partial charge is 0.237 e. The lowest BCUT2D eigenvalue weighted by atomic mass is 10.0. The SMILES string of the molecule is CC(C)C[C@H](N)C(=O)NCc1cccc(Br)c1. The first-order valence-corrected chi connectivity index (χ1v) is 6.56. The van der Waals surface area contributed by atoms with Crippen LogP contribution in [0.3, 0.4) is 0 Å². The van der Waals surface area contributed by atoms with Crippen LogP contribution in [-0.4, -0.2) is 11.9 Å². The maximum atomic E-state index is 11.7. The van der Waals surface area contributed by atoms with E-state index in [-0.39, 0.29) is 5.91 Å². The molecule has 1 amide bonds. The molecule has 0 unspecified atom stereocenters. The zero-order chi connectivity index (χ0) is 12.8. The van der Waals surface area contributed by atoms with E-state index in [0.29, 0.717) is 18.9 Å². The minimum atomic E-state index is -0.415. The summed E-state index contributed by atoms with van der Waals surface area (Å²) in [5.74, 6) is 0.347. The number of hydrogen-bond acceptors (Lipinski definition) is 2. The molecule has 1 aromatic rings. The molecule has 1 rings (SSSR count). The standard InChI is InChI=1S/C13H19BrN2O/c1-9(2)6-12(15)13(17)16-8-10-4-3-5-11(14)7-10/h3-5,7,9,12H,6,8,15H2,1-2H3,(H,16,17)/t12-/m0/s1. The Labute approximate surface area is 111 Å². The van der Waals surface area contributed by atoms with Crippen molar-refractivity contribution in [3.05, 3.63) is 34.3 Å². The summed E-state index contributed by atoms with van der Waals surface area (Å²) in [7, 11) is 0. The van der Waals surface area contributed by atoms with Gasteiger partial charge >= 0.3 is 0 Å². The van der Waals surface area contributed by atoms with Crippen molar-refractivity contribution in [3.63, 3.8) is 0 Å². The van der Waals surface area contributed by atoms with Crippen molar-refractivity contribution in [1.29, 1.82) is 0 Å². The second-order valence-corrected chi connectivity index (χ2v) is 5.50. The van der Waals surface area contributed by atoms with Gasteiger partial charge in [0.15, 0.2) is 0 Å². The quantitative estimate of drug-likeness (QED) is 0.877. The van der Waals surface area contributed by atoms with Gasteiger partial charge in [-0.05, 0) is 30.0 Å². The molecule has 0 aliphatic rings. The number of nitrogens with two attached hydrogens (primary N) is 1. The molecule has 1 aromatic carbocycles. The zero-order valence-corrected chi connectivity index (χ0v) is 11.8. The van der Waals surface area contributed by atoms with Crippen molar-refractivity contribution in [2.75, 3.05) is 0 Å². The van der Waals surface area contributed by atoms with Crippen LogP contribution in [0.15, 0.2) is 28.7 Å². The predicted octanol–water partition coefficient (Wildman–Crippen LogP) is 2.44. The Bertz CT molecular complexity index is 379. The molecule has 0 aliphatic carbocycles. The lowest BCUT2D eigenvalue weighted by molar-refractivity contribution is -0.122. The summed E-state index contributed by atoms with van der Waals surface area (Å²) in [6.45, 7) is 4.63. The summed E-state index contributed by atoms with van der Waals surface area (Å²) >= 11 is 3.39. The summed E-state index contributed by atoms with van der Waals surface area (Å²) in [6.07, 6.45) is 0.713. The molecule has 94 valence electrons. The van der Waals surface area contributed by atoms with Gasteiger partial charge in [-0.3, -0.25) is 4.79 Å². The number of carbonyl (C=O) groups excluding carboxylic acids is 1. The third-order valence-corrected chi connectivity index (χ3v) is 2.91. The fraction of sp³-hybridized carbons (Fsp3) is 0.462. The molecule has 0 saturated heterocycles. The number of halogens is 1. The molecule has 17 heavy (non-hydrogen) atoms. The van der Waals surface area contributed by atoms with Crippen molar-refractivity contribution in [2.24, 2.45) is 11.7 Å². The van der Waals surface area contributed by atoms with E-state index in [2.05, 4.69) is 35.1 Å². The fourth-order valence-electron chi connectivity index (χ4n) is 1.58. The van der Waals surface area contributed by atoms with E-state index >= 15 is 0 Å². The molecule has 0 fully saturated rings. The van der Waals surface area contributed by atoms with Gasteiger partial charge < -0.3 is 11.1 Å². The van der Waals surface area contributed by atoms with Gasteiger partial charge in [0.2, 0.25) is 5.91 Å². The first kappa shape index (κ1) is 14.2. The van der Waals surface area contributed by atoms with Gasteiger partial charge in [0, 0.05) is 11.0 Å². The van der Waals surface area contributed by atoms with Gasteiger partial charge in [-0.1, -0.05) is 41.9 Å². The van der Waals surface area contributed by atoms with Crippen molar-refractivity contribution in [1.82, 2.24) is 5.32 Å². The van der Waals surface area contributed by atoms with E-state index < -0.39 is 6.04 Å². The molecule has 0 aliphatic heterocycles.